The van der Waals surface area contributed by atoms with Crippen molar-refractivity contribution in [3.05, 3.63) is 47.3 Å². The minimum Gasteiger partial charge on any atom is -0.382 e. The Morgan fingerprint density at radius 3 is 2.33 bits per heavy atom. The van der Waals surface area contributed by atoms with E-state index in [1.165, 1.54) is 16.8 Å². The van der Waals surface area contributed by atoms with E-state index in [1.54, 1.807) is 25.4 Å². The molecule has 1 aliphatic rings. The molecule has 3 rings (SSSR count). The van der Waals surface area contributed by atoms with Crippen LogP contribution >= 0.6 is 27.0 Å². The van der Waals surface area contributed by atoms with Crippen LogP contribution in [0.2, 0.25) is 0 Å². The summed E-state index contributed by atoms with van der Waals surface area (Å²) in [4.78, 5) is 12.2. The third-order valence-corrected chi connectivity index (χ3v) is 4.93. The molecule has 1 aromatic heterocycles. The fourth-order valence-corrected chi connectivity index (χ4v) is 3.44. The van der Waals surface area contributed by atoms with Crippen LogP contribution in [-0.2, 0) is 13.2 Å². The number of aromatic nitrogens is 2. The molecule has 30 heavy (non-hydrogen) atoms. The third-order valence-electron chi connectivity index (χ3n) is 4.93. The van der Waals surface area contributed by atoms with Gasteiger partial charge < -0.3 is 10.6 Å². The highest BCUT2D eigenvalue weighted by Crippen LogP contribution is 2.34. The Balaban J connectivity index is 0.00000225. The number of carbonyl (C=O) groups excluding carboxylic acids is 1. The monoisotopic (exact) mass is 459 g/mol. The molecule has 164 valence electrons. The summed E-state index contributed by atoms with van der Waals surface area (Å²) in [5.74, 6) is -0.182. The van der Waals surface area contributed by atoms with Crippen molar-refractivity contribution in [2.75, 3.05) is 5.32 Å². The molecular formula is C19H24F3N5OS2. The summed E-state index contributed by atoms with van der Waals surface area (Å²) in [7, 11) is 1.70. The number of halogens is 3. The lowest BCUT2D eigenvalue weighted by Gasteiger charge is -2.30. The zero-order valence-electron chi connectivity index (χ0n) is 16.3. The second kappa shape index (κ2) is 10.6. The molecule has 0 bridgehead atoms. The van der Waals surface area contributed by atoms with Gasteiger partial charge in [0.15, 0.2) is 0 Å². The van der Waals surface area contributed by atoms with Crippen molar-refractivity contribution in [2.24, 2.45) is 7.05 Å². The number of nitrogens with one attached hydrogen (secondary N) is 2. The third kappa shape index (κ3) is 6.09. The molecule has 11 heteroatoms. The van der Waals surface area contributed by atoms with Crippen LogP contribution in [-0.4, -0.2) is 27.8 Å². The van der Waals surface area contributed by atoms with Gasteiger partial charge in [-0.15, -0.1) is 0 Å². The summed E-state index contributed by atoms with van der Waals surface area (Å²) in [5.41, 5.74) is -0.497. The second-order valence-corrected chi connectivity index (χ2v) is 6.88. The first-order valence-electron chi connectivity index (χ1n) is 8.94. The van der Waals surface area contributed by atoms with Crippen LogP contribution in [0, 0.1) is 11.3 Å². The van der Waals surface area contributed by atoms with Crippen molar-refractivity contribution in [2.45, 2.75) is 43.9 Å². The van der Waals surface area contributed by atoms with E-state index in [1.807, 2.05) is 0 Å². The Kier molecular flexibility index (Phi) is 9.11. The van der Waals surface area contributed by atoms with Crippen molar-refractivity contribution >= 4 is 38.6 Å². The lowest BCUT2D eigenvalue weighted by Crippen LogP contribution is -2.40. The number of amides is 1. The van der Waals surface area contributed by atoms with E-state index in [4.69, 9.17) is 5.26 Å². The average molecular weight is 460 g/mol. The van der Waals surface area contributed by atoms with Gasteiger partial charge in [0.05, 0.1) is 17.2 Å². The van der Waals surface area contributed by atoms with Crippen LogP contribution in [0.5, 0.6) is 0 Å². The van der Waals surface area contributed by atoms with Gasteiger partial charge in [0.2, 0.25) is 0 Å². The average Bonchev–Trinajstić information content (AvgIpc) is 3.08. The van der Waals surface area contributed by atoms with Crippen LogP contribution in [0.3, 0.4) is 0 Å². The number of rotatable bonds is 4. The predicted molar refractivity (Wildman–Crippen MR) is 117 cm³/mol. The standard InChI is InChI=1S/C19H20F3N5O.2H2S/c1-27-17(8-9-24-27)18(28)26-14-6-4-13(5-7-14)25-15-3-2-12(11-23)16(10-15)19(20,21)22;;/h2-3,8-10,13-14,25H,4-7H2,1H3,(H,26,28);2*1H2. The summed E-state index contributed by atoms with van der Waals surface area (Å²) in [6, 6.07) is 6.91. The van der Waals surface area contributed by atoms with E-state index in [-0.39, 0.29) is 50.5 Å². The van der Waals surface area contributed by atoms with Crippen LogP contribution < -0.4 is 10.6 Å². The van der Waals surface area contributed by atoms with Gasteiger partial charge in [0.25, 0.3) is 5.91 Å². The maximum Gasteiger partial charge on any atom is 0.417 e. The maximum absolute atomic E-state index is 13.1. The van der Waals surface area contributed by atoms with Crippen molar-refractivity contribution in [1.82, 2.24) is 15.1 Å². The molecule has 1 amide bonds. The van der Waals surface area contributed by atoms with Gasteiger partial charge >= 0.3 is 6.18 Å². The fraction of sp³-hybridized carbons (Fsp3) is 0.421. The first-order chi connectivity index (χ1) is 13.3. The highest BCUT2D eigenvalue weighted by molar-refractivity contribution is 7.59. The zero-order chi connectivity index (χ0) is 20.3. The summed E-state index contributed by atoms with van der Waals surface area (Å²) >= 11 is 0. The molecular weight excluding hydrogens is 435 g/mol. The largest absolute Gasteiger partial charge is 0.417 e. The van der Waals surface area contributed by atoms with Gasteiger partial charge in [-0.05, 0) is 49.9 Å². The molecule has 0 unspecified atom stereocenters. The highest BCUT2D eigenvalue weighted by atomic mass is 32.1. The van der Waals surface area contributed by atoms with E-state index in [9.17, 15) is 18.0 Å². The summed E-state index contributed by atoms with van der Waals surface area (Å²) < 4.78 is 40.8. The number of hydrogen-bond donors (Lipinski definition) is 2. The minimum absolute atomic E-state index is 0. The molecule has 2 N–H and O–H groups in total. The van der Waals surface area contributed by atoms with Gasteiger partial charge in [0.1, 0.15) is 5.69 Å². The predicted octanol–water partition coefficient (Wildman–Crippen LogP) is 3.69. The molecule has 6 nitrogen and oxygen atoms in total. The molecule has 1 saturated carbocycles. The Morgan fingerprint density at radius 2 is 1.80 bits per heavy atom. The number of alkyl halides is 3. The number of benzene rings is 1. The maximum atomic E-state index is 13.1. The van der Waals surface area contributed by atoms with Crippen molar-refractivity contribution < 1.29 is 18.0 Å². The summed E-state index contributed by atoms with van der Waals surface area (Å²) in [6.07, 6.45) is -0.123. The summed E-state index contributed by atoms with van der Waals surface area (Å²) in [6.45, 7) is 0. The SMILES string of the molecule is Cn1nccc1C(=O)NC1CCC(Nc2ccc(C#N)c(C(F)(F)F)c2)CC1.S.S. The van der Waals surface area contributed by atoms with Crippen LogP contribution in [0.1, 0.15) is 47.3 Å². The minimum atomic E-state index is -4.57. The van der Waals surface area contributed by atoms with E-state index in [2.05, 4.69) is 15.7 Å². The number of hydrogen-bond acceptors (Lipinski definition) is 4. The van der Waals surface area contributed by atoms with Crippen molar-refractivity contribution in [3.63, 3.8) is 0 Å². The lowest BCUT2D eigenvalue weighted by molar-refractivity contribution is -0.137. The molecule has 2 aromatic rings. The molecule has 0 aliphatic heterocycles. The first kappa shape index (κ1) is 25.7. The second-order valence-electron chi connectivity index (χ2n) is 6.88. The molecule has 1 fully saturated rings. The quantitative estimate of drug-likeness (QED) is 0.731. The van der Waals surface area contributed by atoms with Gasteiger partial charge in [-0.1, -0.05) is 0 Å². The van der Waals surface area contributed by atoms with E-state index < -0.39 is 11.7 Å². The fourth-order valence-electron chi connectivity index (χ4n) is 3.44. The Morgan fingerprint density at radius 1 is 1.17 bits per heavy atom. The van der Waals surface area contributed by atoms with Crippen molar-refractivity contribution in [1.29, 1.82) is 5.26 Å². The topological polar surface area (TPSA) is 82.7 Å². The normalized spacial score (nSPS) is 18.4. The van der Waals surface area contributed by atoms with Gasteiger partial charge in [-0.25, -0.2) is 0 Å². The number of nitrogens with zero attached hydrogens (tertiary/aromatic N) is 3. The molecule has 0 saturated heterocycles. The van der Waals surface area contributed by atoms with Crippen molar-refractivity contribution in [3.8, 4) is 6.07 Å². The van der Waals surface area contributed by atoms with Crippen LogP contribution in [0.4, 0.5) is 18.9 Å². The van der Waals surface area contributed by atoms with Gasteiger partial charge in [-0.3, -0.25) is 9.48 Å². The van der Waals surface area contributed by atoms with E-state index in [0.717, 1.165) is 31.7 Å². The molecule has 1 heterocycles. The van der Waals surface area contributed by atoms with E-state index in [0.29, 0.717) is 11.4 Å². The Hall–Kier alpha value is -2.32. The molecule has 0 atom stereocenters. The Labute approximate surface area is 186 Å². The zero-order valence-corrected chi connectivity index (χ0v) is 18.3. The number of nitriles is 1. The summed E-state index contributed by atoms with van der Waals surface area (Å²) in [5, 5.41) is 18.9. The molecule has 0 radical (unpaired) electrons. The highest BCUT2D eigenvalue weighted by Gasteiger charge is 2.34. The van der Waals surface area contributed by atoms with Gasteiger partial charge in [-0.2, -0.15) is 50.5 Å². The lowest BCUT2D eigenvalue weighted by atomic mass is 9.90. The number of aryl methyl sites for hydroxylation is 1. The first-order valence-corrected chi connectivity index (χ1v) is 8.94. The molecule has 1 aliphatic carbocycles. The smallest absolute Gasteiger partial charge is 0.382 e. The molecule has 0 spiro atoms. The van der Waals surface area contributed by atoms with Crippen LogP contribution in [0.15, 0.2) is 30.5 Å². The Bertz CT molecular complexity index is 902. The molecule has 1 aromatic carbocycles. The number of anilines is 1. The number of carbonyl (C=O) groups is 1. The van der Waals surface area contributed by atoms with Gasteiger partial charge in [0, 0.05) is 31.0 Å². The van der Waals surface area contributed by atoms with E-state index >= 15 is 0 Å². The van der Waals surface area contributed by atoms with Crippen LogP contribution in [0.25, 0.3) is 0 Å².